The number of amides is 1. The normalized spacial score (nSPS) is 16.9. The van der Waals surface area contributed by atoms with Crippen molar-refractivity contribution >= 4 is 51.4 Å². The molecule has 1 heterocycles. The van der Waals surface area contributed by atoms with Crippen LogP contribution in [0.5, 0.6) is 5.75 Å². The van der Waals surface area contributed by atoms with E-state index in [1.807, 2.05) is 0 Å². The molecule has 0 saturated carbocycles. The van der Waals surface area contributed by atoms with E-state index < -0.39 is 12.1 Å². The molecule has 0 unspecified atom stereocenters. The molecule has 0 aliphatic heterocycles. The lowest BCUT2D eigenvalue weighted by Gasteiger charge is -2.33. The standard InChI is InChI=1S/C23H27Cl2NO4S/c1-12(30-17-11-14(24)7-9-16(17)25)20(27)26-21-19(22(28)29-5)15-8-6-13(23(2,3)4)10-18(15)31-21/h7,9,11-13H,6,8,10H2,1-5H3,(H,26,27)/t12-,13-/m1/s1. The summed E-state index contributed by atoms with van der Waals surface area (Å²) in [6, 6.07) is 4.81. The monoisotopic (exact) mass is 483 g/mol. The Balaban J connectivity index is 1.83. The zero-order valence-electron chi connectivity index (χ0n) is 18.3. The third kappa shape index (κ3) is 5.36. The van der Waals surface area contributed by atoms with Crippen LogP contribution in [0.4, 0.5) is 5.00 Å². The number of halogens is 2. The maximum Gasteiger partial charge on any atom is 0.341 e. The second-order valence-corrected chi connectivity index (χ2v) is 10.8. The zero-order valence-corrected chi connectivity index (χ0v) is 20.6. The van der Waals surface area contributed by atoms with Crippen LogP contribution in [0.2, 0.25) is 10.0 Å². The van der Waals surface area contributed by atoms with Crippen molar-refractivity contribution < 1.29 is 19.1 Å². The van der Waals surface area contributed by atoms with Gasteiger partial charge in [0.15, 0.2) is 6.10 Å². The molecule has 0 fully saturated rings. The molecule has 0 spiro atoms. The van der Waals surface area contributed by atoms with E-state index in [0.29, 0.717) is 32.3 Å². The molecule has 1 aromatic heterocycles. The van der Waals surface area contributed by atoms with E-state index in [4.69, 9.17) is 32.7 Å². The highest BCUT2D eigenvalue weighted by molar-refractivity contribution is 7.17. The number of hydrogen-bond donors (Lipinski definition) is 1. The van der Waals surface area contributed by atoms with Crippen molar-refractivity contribution in [3.05, 3.63) is 44.2 Å². The number of ether oxygens (including phenoxy) is 2. The molecule has 0 radical (unpaired) electrons. The SMILES string of the molecule is COC(=O)c1c(NC(=O)[C@@H](C)Oc2cc(Cl)ccc2Cl)sc2c1CC[C@@H](C(C)(C)C)C2. The molecular weight excluding hydrogens is 457 g/mol. The molecule has 1 aromatic carbocycles. The van der Waals surface area contributed by atoms with Crippen molar-refractivity contribution in [2.45, 2.75) is 53.1 Å². The van der Waals surface area contributed by atoms with Crippen molar-refractivity contribution in [2.75, 3.05) is 12.4 Å². The second-order valence-electron chi connectivity index (χ2n) is 8.83. The first-order chi connectivity index (χ1) is 14.5. The minimum absolute atomic E-state index is 0.176. The molecule has 1 amide bonds. The Hall–Kier alpha value is -1.76. The van der Waals surface area contributed by atoms with Gasteiger partial charge in [0.1, 0.15) is 10.8 Å². The van der Waals surface area contributed by atoms with Crippen molar-refractivity contribution in [3.8, 4) is 5.75 Å². The molecule has 8 heteroatoms. The molecule has 31 heavy (non-hydrogen) atoms. The van der Waals surface area contributed by atoms with E-state index in [9.17, 15) is 9.59 Å². The van der Waals surface area contributed by atoms with Gasteiger partial charge in [-0.1, -0.05) is 44.0 Å². The average molecular weight is 484 g/mol. The molecule has 1 aliphatic carbocycles. The summed E-state index contributed by atoms with van der Waals surface area (Å²) < 4.78 is 10.7. The van der Waals surface area contributed by atoms with Gasteiger partial charge in [-0.05, 0) is 55.2 Å². The van der Waals surface area contributed by atoms with Crippen LogP contribution in [0.15, 0.2) is 18.2 Å². The summed E-state index contributed by atoms with van der Waals surface area (Å²) in [5.74, 6) is 0.0176. The highest BCUT2D eigenvalue weighted by Crippen LogP contribution is 2.44. The third-order valence-electron chi connectivity index (χ3n) is 5.68. The number of esters is 1. The number of methoxy groups -OCH3 is 1. The summed E-state index contributed by atoms with van der Waals surface area (Å²) in [7, 11) is 1.35. The topological polar surface area (TPSA) is 64.6 Å². The lowest BCUT2D eigenvalue weighted by Crippen LogP contribution is -2.30. The van der Waals surface area contributed by atoms with Crippen LogP contribution in [0.25, 0.3) is 0 Å². The fourth-order valence-electron chi connectivity index (χ4n) is 3.76. The smallest absolute Gasteiger partial charge is 0.341 e. The number of hydrogen-bond acceptors (Lipinski definition) is 5. The predicted octanol–water partition coefficient (Wildman–Crippen LogP) is 6.40. The van der Waals surface area contributed by atoms with Gasteiger partial charge in [0.05, 0.1) is 17.7 Å². The number of nitrogens with one attached hydrogen (secondary N) is 1. The minimum atomic E-state index is -0.845. The lowest BCUT2D eigenvalue weighted by molar-refractivity contribution is -0.122. The van der Waals surface area contributed by atoms with Crippen molar-refractivity contribution in [1.82, 2.24) is 0 Å². The molecular formula is C23H27Cl2NO4S. The van der Waals surface area contributed by atoms with Crippen LogP contribution in [0.1, 0.15) is 54.9 Å². The van der Waals surface area contributed by atoms with Gasteiger partial charge in [-0.15, -0.1) is 11.3 Å². The molecule has 0 saturated heterocycles. The van der Waals surface area contributed by atoms with Crippen LogP contribution >= 0.6 is 34.5 Å². The van der Waals surface area contributed by atoms with Crippen LogP contribution in [-0.2, 0) is 22.4 Å². The first-order valence-corrected chi connectivity index (χ1v) is 11.7. The largest absolute Gasteiger partial charge is 0.479 e. The van der Waals surface area contributed by atoms with Gasteiger partial charge < -0.3 is 14.8 Å². The summed E-state index contributed by atoms with van der Waals surface area (Å²) in [6.45, 7) is 8.33. The van der Waals surface area contributed by atoms with Crippen LogP contribution in [0, 0.1) is 11.3 Å². The summed E-state index contributed by atoms with van der Waals surface area (Å²) in [5.41, 5.74) is 1.62. The Morgan fingerprint density at radius 1 is 1.26 bits per heavy atom. The van der Waals surface area contributed by atoms with Gasteiger partial charge in [0.2, 0.25) is 0 Å². The number of carbonyl (C=O) groups is 2. The Morgan fingerprint density at radius 3 is 2.61 bits per heavy atom. The van der Waals surface area contributed by atoms with Gasteiger partial charge in [0.25, 0.3) is 5.91 Å². The number of benzene rings is 1. The molecule has 1 N–H and O–H groups in total. The van der Waals surface area contributed by atoms with Gasteiger partial charge in [-0.2, -0.15) is 0 Å². The molecule has 3 rings (SSSR count). The molecule has 2 atom stereocenters. The molecule has 2 aromatic rings. The van der Waals surface area contributed by atoms with Crippen LogP contribution in [0.3, 0.4) is 0 Å². The van der Waals surface area contributed by atoms with Gasteiger partial charge in [-0.3, -0.25) is 4.79 Å². The van der Waals surface area contributed by atoms with E-state index >= 15 is 0 Å². The van der Waals surface area contributed by atoms with Gasteiger partial charge in [-0.25, -0.2) is 4.79 Å². The summed E-state index contributed by atoms with van der Waals surface area (Å²) in [4.78, 5) is 26.5. The fraction of sp³-hybridized carbons (Fsp3) is 0.478. The van der Waals surface area contributed by atoms with Gasteiger partial charge in [0, 0.05) is 16.0 Å². The van der Waals surface area contributed by atoms with E-state index in [1.54, 1.807) is 25.1 Å². The minimum Gasteiger partial charge on any atom is -0.479 e. The molecule has 168 valence electrons. The Morgan fingerprint density at radius 2 is 1.97 bits per heavy atom. The van der Waals surface area contributed by atoms with E-state index in [2.05, 4.69) is 26.1 Å². The maximum absolute atomic E-state index is 12.9. The van der Waals surface area contributed by atoms with Crippen LogP contribution < -0.4 is 10.1 Å². The number of rotatable bonds is 5. The summed E-state index contributed by atoms with van der Waals surface area (Å²) >= 11 is 13.6. The van der Waals surface area contributed by atoms with E-state index in [0.717, 1.165) is 29.7 Å². The molecule has 1 aliphatic rings. The van der Waals surface area contributed by atoms with Crippen molar-refractivity contribution in [3.63, 3.8) is 0 Å². The van der Waals surface area contributed by atoms with Crippen molar-refractivity contribution in [1.29, 1.82) is 0 Å². The quantitative estimate of drug-likeness (QED) is 0.499. The first kappa shape index (κ1) is 23.9. The summed E-state index contributed by atoms with van der Waals surface area (Å²) in [5, 5.41) is 4.19. The summed E-state index contributed by atoms with van der Waals surface area (Å²) in [6.07, 6.45) is 1.83. The Bertz CT molecular complexity index is 996. The highest BCUT2D eigenvalue weighted by atomic mass is 35.5. The number of anilines is 1. The maximum atomic E-state index is 12.9. The fourth-order valence-corrected chi connectivity index (χ4v) is 5.40. The lowest BCUT2D eigenvalue weighted by atomic mass is 9.72. The number of thiophene rings is 1. The van der Waals surface area contributed by atoms with Gasteiger partial charge >= 0.3 is 5.97 Å². The average Bonchev–Trinajstić information content (AvgIpc) is 3.06. The highest BCUT2D eigenvalue weighted by Gasteiger charge is 2.34. The van der Waals surface area contributed by atoms with E-state index in [1.165, 1.54) is 18.4 Å². The second kappa shape index (κ2) is 9.39. The Labute approximate surface area is 197 Å². The van der Waals surface area contributed by atoms with E-state index in [-0.39, 0.29) is 11.3 Å². The van der Waals surface area contributed by atoms with Crippen LogP contribution in [-0.4, -0.2) is 25.1 Å². The first-order valence-electron chi connectivity index (χ1n) is 10.2. The molecule has 5 nitrogen and oxygen atoms in total. The number of carbonyl (C=O) groups excluding carboxylic acids is 2. The zero-order chi connectivity index (χ0) is 22.9. The predicted molar refractivity (Wildman–Crippen MR) is 126 cm³/mol. The Kier molecular flexibility index (Phi) is 7.24. The third-order valence-corrected chi connectivity index (χ3v) is 7.40. The number of fused-ring (bicyclic) bond motifs is 1. The van der Waals surface area contributed by atoms with Crippen molar-refractivity contribution in [2.24, 2.45) is 11.3 Å². The molecule has 0 bridgehead atoms.